The molecule has 5 rings (SSSR count). The summed E-state index contributed by atoms with van der Waals surface area (Å²) in [4.78, 5) is 40.1. The Morgan fingerprint density at radius 2 is 1.93 bits per heavy atom. The number of carbonyl (C=O) groups excluding carboxylic acids is 2. The fourth-order valence-corrected chi connectivity index (χ4v) is 5.35. The summed E-state index contributed by atoms with van der Waals surface area (Å²) in [5.74, 6) is 0.615. The average Bonchev–Trinajstić information content (AvgIpc) is 3.70. The number of pyridine rings is 1. The van der Waals surface area contributed by atoms with Gasteiger partial charge in [-0.25, -0.2) is 4.98 Å². The highest BCUT2D eigenvalue weighted by molar-refractivity contribution is 6.05. The van der Waals surface area contributed by atoms with Crippen LogP contribution < -0.4 is 15.4 Å². The van der Waals surface area contributed by atoms with Crippen molar-refractivity contribution in [1.29, 1.82) is 0 Å². The van der Waals surface area contributed by atoms with Crippen LogP contribution in [0.3, 0.4) is 0 Å². The third kappa shape index (κ3) is 6.84. The van der Waals surface area contributed by atoms with Crippen molar-refractivity contribution in [2.45, 2.75) is 39.7 Å². The van der Waals surface area contributed by atoms with Gasteiger partial charge in [0.25, 0.3) is 11.8 Å². The summed E-state index contributed by atoms with van der Waals surface area (Å²) in [6, 6.07) is 3.44. The molecular weight excluding hydrogens is 520 g/mol. The molecule has 0 radical (unpaired) electrons. The summed E-state index contributed by atoms with van der Waals surface area (Å²) in [6.45, 7) is 9.97. The number of allylic oxidation sites excluding steroid dienone is 2. The molecule has 4 heterocycles. The molecule has 2 N–H and O–H groups in total. The van der Waals surface area contributed by atoms with Crippen molar-refractivity contribution in [2.75, 3.05) is 51.6 Å². The van der Waals surface area contributed by atoms with E-state index in [-0.39, 0.29) is 17.5 Å². The number of amides is 2. The Balaban J connectivity index is 1.48. The number of hydrogen-bond donors (Lipinski definition) is 2. The van der Waals surface area contributed by atoms with Crippen LogP contribution in [-0.2, 0) is 7.05 Å². The van der Waals surface area contributed by atoms with Gasteiger partial charge in [0.1, 0.15) is 5.69 Å². The number of rotatable bonds is 10. The Morgan fingerprint density at radius 1 is 1.12 bits per heavy atom. The number of hydrogen-bond acceptors (Lipinski definition) is 8. The van der Waals surface area contributed by atoms with Gasteiger partial charge < -0.3 is 20.3 Å². The summed E-state index contributed by atoms with van der Waals surface area (Å²) in [6.07, 6.45) is 8.30. The smallest absolute Gasteiger partial charge is 0.275 e. The van der Waals surface area contributed by atoms with E-state index in [1.54, 1.807) is 37.0 Å². The number of aliphatic imine (C=N–C) groups is 1. The molecule has 1 fully saturated rings. The number of carbonyl (C=O) groups is 2. The summed E-state index contributed by atoms with van der Waals surface area (Å²) < 4.78 is 8.32. The lowest BCUT2D eigenvalue weighted by molar-refractivity contribution is 0.0937. The molecule has 0 spiro atoms. The number of nitrogens with zero attached hydrogens (tertiary/aromatic N) is 6. The van der Waals surface area contributed by atoms with E-state index in [1.807, 2.05) is 13.8 Å². The average molecular weight is 561 g/mol. The van der Waals surface area contributed by atoms with Crippen LogP contribution in [0.4, 0.5) is 5.82 Å². The molecule has 2 aromatic rings. The minimum Gasteiger partial charge on any atom is -0.480 e. The maximum Gasteiger partial charge on any atom is 0.275 e. The van der Waals surface area contributed by atoms with E-state index in [9.17, 15) is 9.59 Å². The fraction of sp³-hybridized carbons (Fsp3) is 0.500. The number of ether oxygens (including phenoxy) is 1. The van der Waals surface area contributed by atoms with Crippen molar-refractivity contribution < 1.29 is 14.3 Å². The van der Waals surface area contributed by atoms with Gasteiger partial charge >= 0.3 is 0 Å². The molecule has 0 bridgehead atoms. The van der Waals surface area contributed by atoms with Gasteiger partial charge in [0, 0.05) is 64.8 Å². The van der Waals surface area contributed by atoms with Crippen molar-refractivity contribution >= 4 is 23.3 Å². The first-order chi connectivity index (χ1) is 19.7. The molecule has 2 aromatic heterocycles. The zero-order chi connectivity index (χ0) is 29.1. The third-order valence-electron chi connectivity index (χ3n) is 7.60. The van der Waals surface area contributed by atoms with Crippen LogP contribution in [0, 0.1) is 12.8 Å². The molecule has 218 valence electrons. The first-order valence-corrected chi connectivity index (χ1v) is 14.3. The van der Waals surface area contributed by atoms with E-state index in [0.717, 1.165) is 37.6 Å². The maximum absolute atomic E-state index is 13.2. The van der Waals surface area contributed by atoms with E-state index in [1.165, 1.54) is 18.4 Å². The van der Waals surface area contributed by atoms with Crippen LogP contribution in [0.1, 0.15) is 53.2 Å². The summed E-state index contributed by atoms with van der Waals surface area (Å²) >= 11 is 0. The molecule has 41 heavy (non-hydrogen) atoms. The molecule has 2 aliphatic heterocycles. The molecule has 3 aliphatic rings. The summed E-state index contributed by atoms with van der Waals surface area (Å²) in [5, 5.41) is 9.81. The quantitative estimate of drug-likeness (QED) is 0.459. The van der Waals surface area contributed by atoms with Crippen molar-refractivity contribution in [3.8, 4) is 5.75 Å². The van der Waals surface area contributed by atoms with E-state index in [4.69, 9.17) is 4.74 Å². The van der Waals surface area contributed by atoms with Crippen molar-refractivity contribution in [2.24, 2.45) is 18.0 Å². The van der Waals surface area contributed by atoms with Gasteiger partial charge in [0.15, 0.2) is 23.4 Å². The molecule has 2 amide bonds. The molecule has 0 aromatic carbocycles. The number of likely N-dealkylation sites (N-methyl/N-ethyl adjacent to an activating group) is 1. The number of nitrogens with one attached hydrogen (secondary N) is 2. The topological polar surface area (TPSA) is 117 Å². The second kappa shape index (κ2) is 12.3. The largest absolute Gasteiger partial charge is 0.480 e. The highest BCUT2D eigenvalue weighted by atomic mass is 16.5. The standard InChI is InChI=1S/C30H40N8O3/c1-6-31-29(39)28-24(15-19(2)27(34-28)30(40)33-26-11-13-37(5)35-26)41-25(18-38-14-12-32-20(3)16-38)23-10-9-22(17-36(23)4)21-7-8-21/h9-11,13,15,21,25H,6-8,12,14,16-18H2,1-5H3,(H,31,39)(H,33,35,40)/t25-/m1/s1. The second-order valence-corrected chi connectivity index (χ2v) is 11.1. The first kappa shape index (κ1) is 28.5. The minimum atomic E-state index is -0.439. The molecule has 1 aliphatic carbocycles. The molecule has 1 saturated carbocycles. The Morgan fingerprint density at radius 3 is 2.59 bits per heavy atom. The van der Waals surface area contributed by atoms with Gasteiger partial charge in [0.2, 0.25) is 0 Å². The fourth-order valence-electron chi connectivity index (χ4n) is 5.35. The van der Waals surface area contributed by atoms with Gasteiger partial charge in [-0.05, 0) is 62.8 Å². The SMILES string of the molecule is CCNC(=O)c1nc(C(=O)Nc2ccn(C)n2)c(C)cc1O[C@H](CN1CCN=C(C)C1)C1=CC=C(C2CC2)CN1C. The Hall–Kier alpha value is -3.99. The van der Waals surface area contributed by atoms with Crippen LogP contribution in [0.25, 0.3) is 0 Å². The molecule has 0 unspecified atom stereocenters. The zero-order valence-electron chi connectivity index (χ0n) is 24.6. The second-order valence-electron chi connectivity index (χ2n) is 11.1. The van der Waals surface area contributed by atoms with Crippen LogP contribution in [-0.4, -0.2) is 94.5 Å². The van der Waals surface area contributed by atoms with Crippen molar-refractivity contribution in [3.05, 3.63) is 58.7 Å². The van der Waals surface area contributed by atoms with Crippen molar-refractivity contribution in [3.63, 3.8) is 0 Å². The highest BCUT2D eigenvalue weighted by Crippen LogP contribution is 2.39. The predicted molar refractivity (Wildman–Crippen MR) is 158 cm³/mol. The number of aryl methyl sites for hydroxylation is 2. The van der Waals surface area contributed by atoms with E-state index >= 15 is 0 Å². The number of aromatic nitrogens is 3. The lowest BCUT2D eigenvalue weighted by Gasteiger charge is -2.36. The Kier molecular flexibility index (Phi) is 8.53. The number of anilines is 1. The predicted octanol–water partition coefficient (Wildman–Crippen LogP) is 2.82. The van der Waals surface area contributed by atoms with E-state index in [0.29, 0.717) is 36.1 Å². The van der Waals surface area contributed by atoms with Crippen LogP contribution >= 0.6 is 0 Å². The zero-order valence-corrected chi connectivity index (χ0v) is 24.6. The Bertz CT molecular complexity index is 1400. The summed E-state index contributed by atoms with van der Waals surface area (Å²) in [7, 11) is 3.87. The molecule has 11 heteroatoms. The normalized spacial score (nSPS) is 18.3. The molecule has 11 nitrogen and oxygen atoms in total. The first-order valence-electron chi connectivity index (χ1n) is 14.3. The van der Waals surface area contributed by atoms with Crippen LogP contribution in [0.5, 0.6) is 5.75 Å². The van der Waals surface area contributed by atoms with Crippen LogP contribution in [0.2, 0.25) is 0 Å². The van der Waals surface area contributed by atoms with Crippen molar-refractivity contribution in [1.82, 2.24) is 29.9 Å². The Labute approximate surface area is 241 Å². The van der Waals surface area contributed by atoms with Gasteiger partial charge in [-0.15, -0.1) is 0 Å². The molecular formula is C30H40N8O3. The lowest BCUT2D eigenvalue weighted by Crippen LogP contribution is -2.45. The van der Waals surface area contributed by atoms with E-state index in [2.05, 4.69) is 54.7 Å². The lowest BCUT2D eigenvalue weighted by atomic mass is 10.0. The third-order valence-corrected chi connectivity index (χ3v) is 7.60. The molecule has 1 atom stereocenters. The van der Waals surface area contributed by atoms with Gasteiger partial charge in [-0.3, -0.25) is 24.2 Å². The van der Waals surface area contributed by atoms with Gasteiger partial charge in [0.05, 0.1) is 12.2 Å². The minimum absolute atomic E-state index is 0.0817. The van der Waals surface area contributed by atoms with Gasteiger partial charge in [-0.2, -0.15) is 5.10 Å². The molecule has 0 saturated heterocycles. The summed E-state index contributed by atoms with van der Waals surface area (Å²) in [5.41, 5.74) is 4.43. The maximum atomic E-state index is 13.2. The monoisotopic (exact) mass is 560 g/mol. The highest BCUT2D eigenvalue weighted by Gasteiger charge is 2.32. The van der Waals surface area contributed by atoms with Gasteiger partial charge in [-0.1, -0.05) is 6.08 Å². The van der Waals surface area contributed by atoms with E-state index < -0.39 is 11.8 Å². The van der Waals surface area contributed by atoms with Crippen LogP contribution in [0.15, 0.2) is 46.7 Å².